The minimum atomic E-state index is -1.53. The molecule has 0 bridgehead atoms. The van der Waals surface area contributed by atoms with E-state index >= 15 is 0 Å². The molecule has 1 aliphatic rings. The SMILES string of the molecule is CC(C)(C)NCC(O)COc1ccccc1C1(C(=CC(=O)O)C(=O)O)C=CC=N1. The number of aliphatic imine (C=N–C) groups is 1. The minimum Gasteiger partial charge on any atom is -0.490 e. The van der Waals surface area contributed by atoms with Crippen LogP contribution in [-0.4, -0.2) is 58.3 Å². The van der Waals surface area contributed by atoms with Crippen molar-refractivity contribution in [2.24, 2.45) is 4.99 Å². The van der Waals surface area contributed by atoms with Crippen LogP contribution < -0.4 is 10.1 Å². The smallest absolute Gasteiger partial charge is 0.335 e. The molecule has 0 aromatic heterocycles. The minimum absolute atomic E-state index is 0.0331. The maximum atomic E-state index is 11.8. The normalized spacial score (nSPS) is 19.9. The third-order valence-electron chi connectivity index (χ3n) is 4.21. The van der Waals surface area contributed by atoms with Crippen LogP contribution in [0.4, 0.5) is 0 Å². The van der Waals surface area contributed by atoms with Crippen LogP contribution in [0.15, 0.2) is 53.1 Å². The molecule has 8 heteroatoms. The van der Waals surface area contributed by atoms with Gasteiger partial charge in [-0.3, -0.25) is 4.99 Å². The van der Waals surface area contributed by atoms with Gasteiger partial charge in [-0.1, -0.05) is 18.2 Å². The van der Waals surface area contributed by atoms with E-state index in [4.69, 9.17) is 9.84 Å². The third kappa shape index (κ3) is 5.75. The standard InChI is InChI=1S/C21H26N2O6/c1-20(2,3)23-12-14(24)13-29-17-8-5-4-7-15(17)21(9-6-10-22-21)16(19(27)28)11-18(25)26/h4-11,14,23-24H,12-13H2,1-3H3,(H,25,26)(H,27,28). The number of rotatable bonds is 9. The van der Waals surface area contributed by atoms with E-state index in [2.05, 4.69) is 10.3 Å². The van der Waals surface area contributed by atoms with Crippen molar-refractivity contribution < 1.29 is 29.6 Å². The fourth-order valence-electron chi connectivity index (χ4n) is 2.88. The molecule has 1 aliphatic heterocycles. The lowest BCUT2D eigenvalue weighted by Crippen LogP contribution is -2.42. The number of hydrogen-bond acceptors (Lipinski definition) is 6. The van der Waals surface area contributed by atoms with E-state index in [1.165, 1.54) is 12.3 Å². The summed E-state index contributed by atoms with van der Waals surface area (Å²) in [6.45, 7) is 6.22. The number of allylic oxidation sites excluding steroid dienone is 1. The number of para-hydroxylation sites is 1. The Morgan fingerprint density at radius 1 is 1.28 bits per heavy atom. The summed E-state index contributed by atoms with van der Waals surface area (Å²) >= 11 is 0. The van der Waals surface area contributed by atoms with Crippen molar-refractivity contribution >= 4 is 18.2 Å². The van der Waals surface area contributed by atoms with Gasteiger partial charge < -0.3 is 25.4 Å². The zero-order valence-corrected chi connectivity index (χ0v) is 16.6. The average Bonchev–Trinajstić information content (AvgIpc) is 3.12. The lowest BCUT2D eigenvalue weighted by molar-refractivity contribution is -0.135. The molecule has 0 aliphatic carbocycles. The van der Waals surface area contributed by atoms with Gasteiger partial charge in [0.25, 0.3) is 0 Å². The first-order valence-electron chi connectivity index (χ1n) is 9.12. The van der Waals surface area contributed by atoms with Gasteiger partial charge in [-0.15, -0.1) is 0 Å². The second-order valence-electron chi connectivity index (χ2n) is 7.70. The molecule has 29 heavy (non-hydrogen) atoms. The molecule has 0 radical (unpaired) electrons. The summed E-state index contributed by atoms with van der Waals surface area (Å²) < 4.78 is 5.77. The third-order valence-corrected chi connectivity index (χ3v) is 4.21. The molecule has 4 N–H and O–H groups in total. The highest BCUT2D eigenvalue weighted by molar-refractivity contribution is 5.99. The van der Waals surface area contributed by atoms with E-state index in [0.29, 0.717) is 23.9 Å². The number of carboxylic acids is 2. The molecule has 8 nitrogen and oxygen atoms in total. The number of ether oxygens (including phenoxy) is 1. The Morgan fingerprint density at radius 3 is 2.52 bits per heavy atom. The Morgan fingerprint density at radius 2 is 1.97 bits per heavy atom. The highest BCUT2D eigenvalue weighted by Crippen LogP contribution is 2.42. The maximum absolute atomic E-state index is 11.8. The number of carbonyl (C=O) groups is 2. The average molecular weight is 402 g/mol. The molecule has 0 amide bonds. The van der Waals surface area contributed by atoms with Gasteiger partial charge in [0, 0.05) is 29.9 Å². The molecule has 2 atom stereocenters. The van der Waals surface area contributed by atoms with Crippen LogP contribution in [0.25, 0.3) is 0 Å². The van der Waals surface area contributed by atoms with Crippen LogP contribution in [0.1, 0.15) is 26.3 Å². The fraction of sp³-hybridized carbons (Fsp3) is 0.381. The summed E-state index contributed by atoms with van der Waals surface area (Å²) in [5.74, 6) is -2.48. The van der Waals surface area contributed by atoms with Crippen molar-refractivity contribution in [3.63, 3.8) is 0 Å². The number of benzene rings is 1. The second kappa shape index (κ2) is 9.02. The number of hydrogen-bond donors (Lipinski definition) is 4. The lowest BCUT2D eigenvalue weighted by atomic mass is 9.82. The van der Waals surface area contributed by atoms with Crippen LogP contribution in [0.2, 0.25) is 0 Å². The van der Waals surface area contributed by atoms with Gasteiger partial charge >= 0.3 is 11.9 Å². The van der Waals surface area contributed by atoms with Gasteiger partial charge in [-0.2, -0.15) is 0 Å². The number of aliphatic hydroxyl groups excluding tert-OH is 1. The number of carboxylic acid groups (broad SMARTS) is 2. The predicted octanol–water partition coefficient (Wildman–Crippen LogP) is 1.75. The Labute approximate surface area is 169 Å². The first kappa shape index (κ1) is 22.3. The van der Waals surface area contributed by atoms with Crippen molar-refractivity contribution in [2.75, 3.05) is 13.2 Å². The molecular weight excluding hydrogens is 376 g/mol. The highest BCUT2D eigenvalue weighted by atomic mass is 16.5. The van der Waals surface area contributed by atoms with Crippen LogP contribution in [-0.2, 0) is 15.1 Å². The molecule has 2 rings (SSSR count). The van der Waals surface area contributed by atoms with E-state index < -0.39 is 29.2 Å². The lowest BCUT2D eigenvalue weighted by Gasteiger charge is -2.28. The van der Waals surface area contributed by atoms with E-state index in [1.807, 2.05) is 20.8 Å². The molecule has 1 aromatic carbocycles. The van der Waals surface area contributed by atoms with E-state index in [0.717, 1.165) is 0 Å². The van der Waals surface area contributed by atoms with E-state index in [9.17, 15) is 19.8 Å². The van der Waals surface area contributed by atoms with Crippen molar-refractivity contribution in [1.29, 1.82) is 0 Å². The molecule has 1 aromatic rings. The summed E-state index contributed by atoms with van der Waals surface area (Å²) in [5, 5.41) is 32.1. The van der Waals surface area contributed by atoms with Gasteiger partial charge in [0.1, 0.15) is 24.0 Å². The Kier molecular flexibility index (Phi) is 6.94. The summed E-state index contributed by atoms with van der Waals surface area (Å²) in [6.07, 6.45) is 4.31. The van der Waals surface area contributed by atoms with Gasteiger partial charge in [0.15, 0.2) is 0 Å². The monoisotopic (exact) mass is 402 g/mol. The number of aliphatic hydroxyl groups is 1. The maximum Gasteiger partial charge on any atom is 0.335 e. The molecule has 0 saturated heterocycles. The first-order chi connectivity index (χ1) is 13.5. The van der Waals surface area contributed by atoms with Crippen LogP contribution >= 0.6 is 0 Å². The summed E-state index contributed by atoms with van der Waals surface area (Å²) in [6, 6.07) is 6.64. The van der Waals surface area contributed by atoms with Crippen LogP contribution in [0.5, 0.6) is 5.75 Å². The molecule has 0 spiro atoms. The van der Waals surface area contributed by atoms with Crippen LogP contribution in [0, 0.1) is 0 Å². The molecule has 156 valence electrons. The number of aliphatic carboxylic acids is 2. The summed E-state index contributed by atoms with van der Waals surface area (Å²) in [7, 11) is 0. The first-order valence-corrected chi connectivity index (χ1v) is 9.12. The molecule has 2 unspecified atom stereocenters. The van der Waals surface area contributed by atoms with Crippen molar-refractivity contribution in [1.82, 2.24) is 5.32 Å². The van der Waals surface area contributed by atoms with Gasteiger partial charge in [-0.05, 0) is 39.0 Å². The Hall–Kier alpha value is -2.97. The predicted molar refractivity (Wildman–Crippen MR) is 108 cm³/mol. The largest absolute Gasteiger partial charge is 0.490 e. The van der Waals surface area contributed by atoms with Crippen molar-refractivity contribution in [2.45, 2.75) is 38.0 Å². The Bertz CT molecular complexity index is 839. The van der Waals surface area contributed by atoms with E-state index in [-0.39, 0.29) is 12.1 Å². The fourth-order valence-corrected chi connectivity index (χ4v) is 2.88. The van der Waals surface area contributed by atoms with Crippen molar-refractivity contribution in [3.05, 3.63) is 53.6 Å². The number of nitrogens with one attached hydrogen (secondary N) is 1. The highest BCUT2D eigenvalue weighted by Gasteiger charge is 2.41. The Balaban J connectivity index is 2.34. The summed E-state index contributed by atoms with van der Waals surface area (Å²) in [4.78, 5) is 27.3. The molecular formula is C21H26N2O6. The zero-order chi connectivity index (χ0) is 21.7. The molecule has 0 saturated carbocycles. The van der Waals surface area contributed by atoms with Gasteiger partial charge in [-0.25, -0.2) is 9.59 Å². The molecule has 0 fully saturated rings. The zero-order valence-electron chi connectivity index (χ0n) is 16.6. The van der Waals surface area contributed by atoms with Crippen LogP contribution in [0.3, 0.4) is 0 Å². The quantitative estimate of drug-likeness (QED) is 0.463. The van der Waals surface area contributed by atoms with Crippen molar-refractivity contribution in [3.8, 4) is 5.75 Å². The summed E-state index contributed by atoms with van der Waals surface area (Å²) in [5.41, 5.74) is -1.74. The van der Waals surface area contributed by atoms with E-state index in [1.54, 1.807) is 30.3 Å². The second-order valence-corrected chi connectivity index (χ2v) is 7.70. The topological polar surface area (TPSA) is 128 Å². The van der Waals surface area contributed by atoms with Gasteiger partial charge in [0.2, 0.25) is 0 Å². The van der Waals surface area contributed by atoms with Gasteiger partial charge in [0.05, 0.1) is 5.57 Å². The number of β-amino-alcohol motifs (C(OH)–C–C–N with tert-alkyl or cyclic N) is 1. The molecule has 1 heterocycles. The number of nitrogens with zero attached hydrogens (tertiary/aromatic N) is 1.